The van der Waals surface area contributed by atoms with Crippen molar-refractivity contribution < 1.29 is 9.53 Å². The van der Waals surface area contributed by atoms with Crippen molar-refractivity contribution >= 4 is 27.6 Å². The lowest BCUT2D eigenvalue weighted by Gasteiger charge is -2.32. The third-order valence-electron chi connectivity index (χ3n) is 3.61. The molecule has 1 N–H and O–H groups in total. The van der Waals surface area contributed by atoms with Gasteiger partial charge in [-0.25, -0.2) is 9.78 Å². The maximum Gasteiger partial charge on any atom is 0.317 e. The molecule has 21 heavy (non-hydrogen) atoms. The van der Waals surface area contributed by atoms with Crippen LogP contribution in [0.4, 0.5) is 4.79 Å². The van der Waals surface area contributed by atoms with Gasteiger partial charge in [-0.05, 0) is 18.6 Å². The van der Waals surface area contributed by atoms with Gasteiger partial charge in [0.1, 0.15) is 5.01 Å². The van der Waals surface area contributed by atoms with E-state index in [4.69, 9.17) is 4.74 Å². The van der Waals surface area contributed by atoms with Crippen molar-refractivity contribution in [1.29, 1.82) is 0 Å². The van der Waals surface area contributed by atoms with Gasteiger partial charge in [0.05, 0.1) is 29.5 Å². The van der Waals surface area contributed by atoms with Gasteiger partial charge in [0.15, 0.2) is 0 Å². The second-order valence-electron chi connectivity index (χ2n) is 5.08. The van der Waals surface area contributed by atoms with Gasteiger partial charge in [0, 0.05) is 13.1 Å². The van der Waals surface area contributed by atoms with Gasteiger partial charge in [0.25, 0.3) is 0 Å². The quantitative estimate of drug-likeness (QED) is 0.948. The van der Waals surface area contributed by atoms with Crippen molar-refractivity contribution in [2.24, 2.45) is 0 Å². The third kappa shape index (κ3) is 3.33. The van der Waals surface area contributed by atoms with Crippen molar-refractivity contribution in [3.05, 3.63) is 29.3 Å². The number of amides is 2. The highest BCUT2D eigenvalue weighted by Crippen LogP contribution is 2.21. The van der Waals surface area contributed by atoms with Crippen molar-refractivity contribution in [2.45, 2.75) is 26.0 Å². The number of ether oxygens (including phenoxy) is 1. The highest BCUT2D eigenvalue weighted by atomic mass is 32.1. The fourth-order valence-corrected chi connectivity index (χ4v) is 3.32. The maximum atomic E-state index is 12.2. The summed E-state index contributed by atoms with van der Waals surface area (Å²) in [5.41, 5.74) is 0.990. The molecule has 1 aromatic carbocycles. The van der Waals surface area contributed by atoms with E-state index in [1.807, 2.05) is 29.2 Å². The van der Waals surface area contributed by atoms with Gasteiger partial charge in [-0.15, -0.1) is 11.3 Å². The topological polar surface area (TPSA) is 54.5 Å². The highest BCUT2D eigenvalue weighted by Gasteiger charge is 2.22. The Balaban J connectivity index is 1.57. The molecule has 0 radical (unpaired) electrons. The number of hydrogen-bond donors (Lipinski definition) is 1. The van der Waals surface area contributed by atoms with Crippen molar-refractivity contribution in [3.8, 4) is 0 Å². The van der Waals surface area contributed by atoms with E-state index in [0.29, 0.717) is 26.2 Å². The van der Waals surface area contributed by atoms with Gasteiger partial charge in [-0.3, -0.25) is 0 Å². The van der Waals surface area contributed by atoms with E-state index in [-0.39, 0.29) is 12.1 Å². The summed E-state index contributed by atoms with van der Waals surface area (Å²) in [4.78, 5) is 18.5. The molecule has 1 atom stereocenters. The second-order valence-corrected chi connectivity index (χ2v) is 6.20. The summed E-state index contributed by atoms with van der Waals surface area (Å²) in [6, 6.07) is 7.98. The Morgan fingerprint density at radius 2 is 2.38 bits per heavy atom. The van der Waals surface area contributed by atoms with Crippen LogP contribution in [0.25, 0.3) is 10.2 Å². The van der Waals surface area contributed by atoms with Crippen molar-refractivity contribution in [1.82, 2.24) is 15.2 Å². The van der Waals surface area contributed by atoms with Gasteiger partial charge < -0.3 is 15.0 Å². The van der Waals surface area contributed by atoms with Crippen LogP contribution in [-0.4, -0.2) is 41.7 Å². The van der Waals surface area contributed by atoms with Crippen LogP contribution in [0.2, 0.25) is 0 Å². The van der Waals surface area contributed by atoms with Crippen LogP contribution in [0.3, 0.4) is 0 Å². The highest BCUT2D eigenvalue weighted by molar-refractivity contribution is 7.18. The summed E-state index contributed by atoms with van der Waals surface area (Å²) in [7, 11) is 0. The molecule has 2 aromatic rings. The molecular formula is C15H19N3O2S. The number of morpholine rings is 1. The van der Waals surface area contributed by atoms with Gasteiger partial charge in [-0.1, -0.05) is 19.1 Å². The molecule has 1 saturated heterocycles. The van der Waals surface area contributed by atoms with Crippen LogP contribution in [0.5, 0.6) is 0 Å². The molecule has 3 rings (SSSR count). The summed E-state index contributed by atoms with van der Waals surface area (Å²) in [5.74, 6) is 0. The van der Waals surface area contributed by atoms with Gasteiger partial charge in [0.2, 0.25) is 0 Å². The van der Waals surface area contributed by atoms with E-state index < -0.39 is 0 Å². The van der Waals surface area contributed by atoms with Crippen LogP contribution in [0.1, 0.15) is 18.4 Å². The Bertz CT molecular complexity index is 595. The fourth-order valence-electron chi connectivity index (χ4n) is 2.41. The molecule has 0 spiro atoms. The predicted molar refractivity (Wildman–Crippen MR) is 83.5 cm³/mol. The second kappa shape index (κ2) is 6.41. The number of para-hydroxylation sites is 1. The number of benzene rings is 1. The molecule has 6 heteroatoms. The number of thiazole rings is 1. The molecule has 1 aliphatic heterocycles. The average Bonchev–Trinajstić information content (AvgIpc) is 2.95. The Morgan fingerprint density at radius 3 is 3.19 bits per heavy atom. The first kappa shape index (κ1) is 14.3. The summed E-state index contributed by atoms with van der Waals surface area (Å²) in [6.45, 7) is 4.50. The van der Waals surface area contributed by atoms with Crippen LogP contribution >= 0.6 is 11.3 Å². The van der Waals surface area contributed by atoms with Crippen LogP contribution in [0, 0.1) is 0 Å². The minimum atomic E-state index is -0.0315. The van der Waals surface area contributed by atoms with E-state index in [2.05, 4.69) is 17.2 Å². The molecule has 1 aromatic heterocycles. The molecule has 112 valence electrons. The Labute approximate surface area is 127 Å². The molecule has 2 heterocycles. The van der Waals surface area contributed by atoms with E-state index in [1.54, 1.807) is 11.3 Å². The van der Waals surface area contributed by atoms with E-state index in [9.17, 15) is 4.79 Å². The standard InChI is InChI=1S/C15H19N3O2S/c1-2-11-10-18(7-8-20-11)15(19)16-9-14-17-12-5-3-4-6-13(12)21-14/h3-6,11H,2,7-10H2,1H3,(H,16,19)/t11-/m1/s1. The van der Waals surface area contributed by atoms with E-state index in [1.165, 1.54) is 0 Å². The normalized spacial score (nSPS) is 18.9. The molecule has 1 fully saturated rings. The molecule has 1 aliphatic rings. The zero-order valence-electron chi connectivity index (χ0n) is 12.0. The first-order valence-corrected chi connectivity index (χ1v) is 8.06. The molecule has 2 amide bonds. The first-order chi connectivity index (χ1) is 10.3. The number of rotatable bonds is 3. The van der Waals surface area contributed by atoms with E-state index >= 15 is 0 Å². The van der Waals surface area contributed by atoms with Crippen LogP contribution in [-0.2, 0) is 11.3 Å². The number of carbonyl (C=O) groups excluding carboxylic acids is 1. The minimum absolute atomic E-state index is 0.0315. The smallest absolute Gasteiger partial charge is 0.317 e. The van der Waals surface area contributed by atoms with Crippen LogP contribution < -0.4 is 5.32 Å². The number of nitrogens with one attached hydrogen (secondary N) is 1. The monoisotopic (exact) mass is 305 g/mol. The lowest BCUT2D eigenvalue weighted by molar-refractivity contribution is -0.0154. The summed E-state index contributed by atoms with van der Waals surface area (Å²) < 4.78 is 6.73. The lowest BCUT2D eigenvalue weighted by Crippen LogP contribution is -2.49. The average molecular weight is 305 g/mol. The number of hydrogen-bond acceptors (Lipinski definition) is 4. The molecule has 0 bridgehead atoms. The largest absolute Gasteiger partial charge is 0.375 e. The molecular weight excluding hydrogens is 286 g/mol. The zero-order valence-corrected chi connectivity index (χ0v) is 12.9. The SMILES string of the molecule is CC[C@@H]1CN(C(=O)NCc2nc3ccccc3s2)CCO1. The van der Waals surface area contributed by atoms with Gasteiger partial charge in [-0.2, -0.15) is 0 Å². The molecule has 0 aliphatic carbocycles. The zero-order chi connectivity index (χ0) is 14.7. The fraction of sp³-hybridized carbons (Fsp3) is 0.467. The maximum absolute atomic E-state index is 12.2. The van der Waals surface area contributed by atoms with Gasteiger partial charge >= 0.3 is 6.03 Å². The van der Waals surface area contributed by atoms with Crippen molar-refractivity contribution in [3.63, 3.8) is 0 Å². The molecule has 0 unspecified atom stereocenters. The first-order valence-electron chi connectivity index (χ1n) is 7.25. The summed E-state index contributed by atoms with van der Waals surface area (Å²) >= 11 is 1.62. The number of fused-ring (bicyclic) bond motifs is 1. The van der Waals surface area contributed by atoms with Crippen LogP contribution in [0.15, 0.2) is 24.3 Å². The number of nitrogens with zero attached hydrogens (tertiary/aromatic N) is 2. The third-order valence-corrected chi connectivity index (χ3v) is 4.65. The van der Waals surface area contributed by atoms with Crippen molar-refractivity contribution in [2.75, 3.05) is 19.7 Å². The Morgan fingerprint density at radius 1 is 1.52 bits per heavy atom. The molecule has 0 saturated carbocycles. The summed E-state index contributed by atoms with van der Waals surface area (Å²) in [5, 5.41) is 3.89. The summed E-state index contributed by atoms with van der Waals surface area (Å²) in [6.07, 6.45) is 1.09. The minimum Gasteiger partial charge on any atom is -0.375 e. The number of carbonyl (C=O) groups is 1. The lowest BCUT2D eigenvalue weighted by atomic mass is 10.2. The number of urea groups is 1. The Kier molecular flexibility index (Phi) is 4.36. The van der Waals surface area contributed by atoms with E-state index in [0.717, 1.165) is 21.6 Å². The Hall–Kier alpha value is -1.66. The molecule has 5 nitrogen and oxygen atoms in total. The predicted octanol–water partition coefficient (Wildman–Crippen LogP) is 2.62. The number of aromatic nitrogens is 1.